The van der Waals surface area contributed by atoms with Gasteiger partial charge in [0.15, 0.2) is 5.82 Å². The van der Waals surface area contributed by atoms with Gasteiger partial charge in [0.05, 0.1) is 5.56 Å². The van der Waals surface area contributed by atoms with E-state index in [1.54, 1.807) is 6.07 Å². The molecule has 0 amide bonds. The standard InChI is InChI=1S/C22H16F3N7O/c23-13-1-2-16-7-11(3-4-29-20-17(9-26)19(27)30-22(28)31-20)18(21(33)32(16)10-13)12-5-14(24)8-15(25)6-12/h1-2,5-8,10H,3-4H2,(H5,27,28,29,30,31). The van der Waals surface area contributed by atoms with Crippen LogP contribution in [0.15, 0.2) is 47.4 Å². The molecule has 0 saturated heterocycles. The van der Waals surface area contributed by atoms with Gasteiger partial charge in [0.1, 0.15) is 34.9 Å². The van der Waals surface area contributed by atoms with Crippen molar-refractivity contribution in [1.29, 1.82) is 5.26 Å². The van der Waals surface area contributed by atoms with E-state index in [4.69, 9.17) is 11.5 Å². The lowest BCUT2D eigenvalue weighted by Gasteiger charge is -2.14. The van der Waals surface area contributed by atoms with Crippen molar-refractivity contribution < 1.29 is 13.2 Å². The van der Waals surface area contributed by atoms with Crippen LogP contribution in [-0.2, 0) is 6.42 Å². The van der Waals surface area contributed by atoms with E-state index < -0.39 is 23.0 Å². The van der Waals surface area contributed by atoms with Crippen LogP contribution in [0.25, 0.3) is 16.6 Å². The van der Waals surface area contributed by atoms with Crippen molar-refractivity contribution in [3.63, 3.8) is 0 Å². The van der Waals surface area contributed by atoms with Crippen molar-refractivity contribution in [3.05, 3.63) is 81.5 Å². The van der Waals surface area contributed by atoms with Crippen molar-refractivity contribution in [2.45, 2.75) is 6.42 Å². The Balaban J connectivity index is 1.78. The van der Waals surface area contributed by atoms with Crippen LogP contribution in [0.4, 0.5) is 30.8 Å². The number of nitrogen functional groups attached to an aromatic ring is 2. The number of rotatable bonds is 5. The van der Waals surface area contributed by atoms with E-state index in [1.165, 1.54) is 12.1 Å². The van der Waals surface area contributed by atoms with Gasteiger partial charge in [-0.25, -0.2) is 13.2 Å². The molecule has 4 rings (SSSR count). The highest BCUT2D eigenvalue weighted by Gasteiger charge is 2.17. The van der Waals surface area contributed by atoms with Crippen molar-refractivity contribution >= 4 is 23.1 Å². The molecule has 0 unspecified atom stereocenters. The summed E-state index contributed by atoms with van der Waals surface area (Å²) in [5.41, 5.74) is 11.5. The molecule has 0 aliphatic rings. The first-order valence-electron chi connectivity index (χ1n) is 9.64. The Morgan fingerprint density at radius 2 is 1.76 bits per heavy atom. The van der Waals surface area contributed by atoms with E-state index in [1.807, 2.05) is 6.07 Å². The topological polar surface area (TPSA) is 135 Å². The smallest absolute Gasteiger partial charge is 0.263 e. The number of hydrogen-bond acceptors (Lipinski definition) is 7. The maximum Gasteiger partial charge on any atom is 0.263 e. The molecule has 8 nitrogen and oxygen atoms in total. The summed E-state index contributed by atoms with van der Waals surface area (Å²) in [5, 5.41) is 12.2. The molecule has 0 radical (unpaired) electrons. The van der Waals surface area contributed by atoms with Crippen LogP contribution in [0, 0.1) is 28.8 Å². The molecule has 5 N–H and O–H groups in total. The van der Waals surface area contributed by atoms with E-state index in [-0.39, 0.29) is 47.2 Å². The van der Waals surface area contributed by atoms with Gasteiger partial charge in [0, 0.05) is 24.3 Å². The third kappa shape index (κ3) is 4.27. The van der Waals surface area contributed by atoms with Gasteiger partial charge < -0.3 is 16.8 Å². The third-order valence-corrected chi connectivity index (χ3v) is 4.92. The van der Waals surface area contributed by atoms with Crippen LogP contribution in [0.3, 0.4) is 0 Å². The molecule has 3 heterocycles. The lowest BCUT2D eigenvalue weighted by molar-refractivity contribution is 0.584. The zero-order valence-corrected chi connectivity index (χ0v) is 16.9. The summed E-state index contributed by atoms with van der Waals surface area (Å²) in [4.78, 5) is 20.9. The first kappa shape index (κ1) is 21.6. The lowest BCUT2D eigenvalue weighted by Crippen LogP contribution is -2.20. The van der Waals surface area contributed by atoms with Gasteiger partial charge in [-0.1, -0.05) is 0 Å². The summed E-state index contributed by atoms with van der Waals surface area (Å²) < 4.78 is 42.6. The van der Waals surface area contributed by atoms with E-state index >= 15 is 0 Å². The second kappa shape index (κ2) is 8.51. The Morgan fingerprint density at radius 3 is 2.45 bits per heavy atom. The van der Waals surface area contributed by atoms with E-state index in [2.05, 4.69) is 15.3 Å². The number of benzene rings is 1. The van der Waals surface area contributed by atoms with Crippen LogP contribution in [0.5, 0.6) is 0 Å². The normalized spacial score (nSPS) is 10.8. The van der Waals surface area contributed by atoms with Gasteiger partial charge in [-0.3, -0.25) is 9.20 Å². The Labute approximate surface area is 184 Å². The fourth-order valence-electron chi connectivity index (χ4n) is 3.54. The zero-order chi connectivity index (χ0) is 23.7. The monoisotopic (exact) mass is 451 g/mol. The number of nitrogens with zero attached hydrogens (tertiary/aromatic N) is 4. The number of pyridine rings is 2. The second-order valence-corrected chi connectivity index (χ2v) is 7.13. The molecule has 33 heavy (non-hydrogen) atoms. The molecule has 0 aliphatic carbocycles. The molecule has 3 aromatic heterocycles. The number of hydrogen-bond donors (Lipinski definition) is 3. The molecule has 4 aromatic rings. The minimum atomic E-state index is -0.858. The Kier molecular flexibility index (Phi) is 5.58. The van der Waals surface area contributed by atoms with Crippen molar-refractivity contribution in [2.75, 3.05) is 23.3 Å². The van der Waals surface area contributed by atoms with Gasteiger partial charge in [-0.15, -0.1) is 0 Å². The molecule has 0 spiro atoms. The minimum Gasteiger partial charge on any atom is -0.382 e. The van der Waals surface area contributed by atoms with Crippen LogP contribution < -0.4 is 22.3 Å². The van der Waals surface area contributed by atoms with E-state index in [9.17, 15) is 23.2 Å². The summed E-state index contributed by atoms with van der Waals surface area (Å²) in [6.07, 6.45) is 1.19. The summed E-state index contributed by atoms with van der Waals surface area (Å²) in [6, 6.07) is 8.88. The molecule has 11 heteroatoms. The molecule has 166 valence electrons. The lowest BCUT2D eigenvalue weighted by atomic mass is 9.98. The van der Waals surface area contributed by atoms with Crippen molar-refractivity contribution in [2.24, 2.45) is 0 Å². The number of anilines is 3. The maximum absolute atomic E-state index is 13.9. The summed E-state index contributed by atoms with van der Waals surface area (Å²) >= 11 is 0. The average molecular weight is 451 g/mol. The third-order valence-electron chi connectivity index (χ3n) is 4.92. The number of halogens is 3. The molecule has 0 fully saturated rings. The second-order valence-electron chi connectivity index (χ2n) is 7.13. The van der Waals surface area contributed by atoms with Gasteiger partial charge >= 0.3 is 0 Å². The van der Waals surface area contributed by atoms with Gasteiger partial charge in [-0.2, -0.15) is 15.2 Å². The number of fused-ring (bicyclic) bond motifs is 1. The van der Waals surface area contributed by atoms with Crippen LogP contribution >= 0.6 is 0 Å². The van der Waals surface area contributed by atoms with Crippen molar-refractivity contribution in [1.82, 2.24) is 14.4 Å². The van der Waals surface area contributed by atoms with Crippen LogP contribution in [0.1, 0.15) is 11.1 Å². The SMILES string of the molecule is N#Cc1c(N)nc(N)nc1NCCc1cc2ccc(F)cn2c(=O)c1-c1cc(F)cc(F)c1. The largest absolute Gasteiger partial charge is 0.382 e. The zero-order valence-electron chi connectivity index (χ0n) is 16.9. The van der Waals surface area contributed by atoms with Gasteiger partial charge in [-0.05, 0) is 47.9 Å². The molecular weight excluding hydrogens is 435 g/mol. The first-order valence-corrected chi connectivity index (χ1v) is 9.64. The van der Waals surface area contributed by atoms with Crippen LogP contribution in [-0.4, -0.2) is 20.9 Å². The minimum absolute atomic E-state index is 0.00526. The predicted octanol–water partition coefficient (Wildman–Crippen LogP) is 2.86. The fourth-order valence-corrected chi connectivity index (χ4v) is 3.54. The van der Waals surface area contributed by atoms with E-state index in [0.29, 0.717) is 17.1 Å². The Hall–Kier alpha value is -4.59. The van der Waals surface area contributed by atoms with Gasteiger partial charge in [0.25, 0.3) is 5.56 Å². The highest BCUT2D eigenvalue weighted by atomic mass is 19.1. The highest BCUT2D eigenvalue weighted by molar-refractivity contribution is 5.70. The first-order chi connectivity index (χ1) is 15.8. The Morgan fingerprint density at radius 1 is 1.03 bits per heavy atom. The van der Waals surface area contributed by atoms with E-state index in [0.717, 1.165) is 22.7 Å². The maximum atomic E-state index is 13.9. The molecule has 1 aromatic carbocycles. The fraction of sp³-hybridized carbons (Fsp3) is 0.0909. The summed E-state index contributed by atoms with van der Waals surface area (Å²) in [6.45, 7) is 0.159. The van der Waals surface area contributed by atoms with Crippen molar-refractivity contribution in [3.8, 4) is 17.2 Å². The molecule has 0 atom stereocenters. The average Bonchev–Trinajstić information content (AvgIpc) is 2.73. The number of nitrogens with one attached hydrogen (secondary N) is 1. The molecule has 0 aliphatic heterocycles. The summed E-state index contributed by atoms with van der Waals surface area (Å²) in [5.74, 6) is -2.46. The number of aromatic nitrogens is 3. The Bertz CT molecular complexity index is 1470. The highest BCUT2D eigenvalue weighted by Crippen LogP contribution is 2.25. The summed E-state index contributed by atoms with van der Waals surface area (Å²) in [7, 11) is 0. The molecule has 0 bridgehead atoms. The molecule has 0 saturated carbocycles. The van der Waals surface area contributed by atoms with Gasteiger partial charge in [0.2, 0.25) is 5.95 Å². The van der Waals surface area contributed by atoms with Crippen LogP contribution in [0.2, 0.25) is 0 Å². The molecular formula is C22H16F3N7O. The number of nitriles is 1. The number of nitrogens with two attached hydrogens (primary N) is 2. The predicted molar refractivity (Wildman–Crippen MR) is 117 cm³/mol. The quantitative estimate of drug-likeness (QED) is 0.425.